The highest BCUT2D eigenvalue weighted by molar-refractivity contribution is 7.13. The first-order valence-corrected chi connectivity index (χ1v) is 10.3. The Labute approximate surface area is 173 Å². The molecule has 7 heteroatoms. The van der Waals surface area contributed by atoms with E-state index >= 15 is 0 Å². The molecule has 1 N–H and O–H groups in total. The minimum absolute atomic E-state index is 0.192. The zero-order valence-corrected chi connectivity index (χ0v) is 17.2. The molecule has 5 nitrogen and oxygen atoms in total. The van der Waals surface area contributed by atoms with Crippen molar-refractivity contribution < 1.29 is 18.7 Å². The minimum Gasteiger partial charge on any atom is -0.497 e. The topological polar surface area (TPSA) is 60.5 Å². The van der Waals surface area contributed by atoms with E-state index in [1.807, 2.05) is 36.6 Å². The number of hydrogen-bond acceptors (Lipinski definition) is 5. The van der Waals surface area contributed by atoms with Gasteiger partial charge < -0.3 is 14.8 Å². The second-order valence-corrected chi connectivity index (χ2v) is 7.24. The van der Waals surface area contributed by atoms with Crippen LogP contribution in [0.4, 0.5) is 4.39 Å². The highest BCUT2D eigenvalue weighted by atomic mass is 32.1. The van der Waals surface area contributed by atoms with E-state index in [2.05, 4.69) is 10.3 Å². The standard InChI is InChI=1S/C22H23FN2O3S/c1-3-20(28-19-10-6-16(23)7-11-19)21(26)24-13-12-17-14-29-22(25-17)15-4-8-18(27-2)9-5-15/h4-11,14,20H,3,12-13H2,1-2H3,(H,24,26). The van der Waals surface area contributed by atoms with Gasteiger partial charge in [-0.2, -0.15) is 0 Å². The summed E-state index contributed by atoms with van der Waals surface area (Å²) >= 11 is 1.57. The summed E-state index contributed by atoms with van der Waals surface area (Å²) in [5.74, 6) is 0.744. The van der Waals surface area contributed by atoms with Gasteiger partial charge in [0, 0.05) is 23.9 Å². The Hall–Kier alpha value is -2.93. The predicted octanol–water partition coefficient (Wildman–Crippen LogP) is 4.47. The van der Waals surface area contributed by atoms with Crippen LogP contribution in [-0.2, 0) is 11.2 Å². The number of carbonyl (C=O) groups is 1. The summed E-state index contributed by atoms with van der Waals surface area (Å²) in [6, 6.07) is 13.4. The molecule has 3 rings (SSSR count). The third-order valence-corrected chi connectivity index (χ3v) is 5.26. The molecular weight excluding hydrogens is 391 g/mol. The molecule has 0 saturated carbocycles. The van der Waals surface area contributed by atoms with Crippen LogP contribution in [0.2, 0.25) is 0 Å². The summed E-state index contributed by atoms with van der Waals surface area (Å²) in [6.45, 7) is 2.34. The van der Waals surface area contributed by atoms with Crippen molar-refractivity contribution in [2.45, 2.75) is 25.9 Å². The number of methoxy groups -OCH3 is 1. The number of amides is 1. The van der Waals surface area contributed by atoms with Crippen LogP contribution < -0.4 is 14.8 Å². The van der Waals surface area contributed by atoms with Gasteiger partial charge in [0.1, 0.15) is 22.3 Å². The van der Waals surface area contributed by atoms with Gasteiger partial charge in [-0.3, -0.25) is 4.79 Å². The Bertz CT molecular complexity index is 926. The van der Waals surface area contributed by atoms with Gasteiger partial charge in [0.05, 0.1) is 12.8 Å². The Morgan fingerprint density at radius 3 is 2.48 bits per heavy atom. The van der Waals surface area contributed by atoms with Crippen molar-refractivity contribution in [1.29, 1.82) is 0 Å². The lowest BCUT2D eigenvalue weighted by molar-refractivity contribution is -0.128. The molecule has 0 spiro atoms. The van der Waals surface area contributed by atoms with Crippen LogP contribution in [0.15, 0.2) is 53.9 Å². The van der Waals surface area contributed by atoms with Crippen LogP contribution in [0.3, 0.4) is 0 Å². The molecule has 0 aliphatic carbocycles. The summed E-state index contributed by atoms with van der Waals surface area (Å²) in [4.78, 5) is 17.0. The number of aromatic nitrogens is 1. The summed E-state index contributed by atoms with van der Waals surface area (Å²) < 4.78 is 23.8. The third kappa shape index (κ3) is 5.77. The van der Waals surface area contributed by atoms with Crippen LogP contribution in [-0.4, -0.2) is 30.6 Å². The van der Waals surface area contributed by atoms with Gasteiger partial charge in [-0.25, -0.2) is 9.37 Å². The number of benzene rings is 2. The number of rotatable bonds is 9. The van der Waals surface area contributed by atoms with E-state index in [0.29, 0.717) is 25.1 Å². The highest BCUT2D eigenvalue weighted by Gasteiger charge is 2.18. The molecule has 0 bridgehead atoms. The Kier molecular flexibility index (Phi) is 7.19. The Morgan fingerprint density at radius 1 is 1.14 bits per heavy atom. The van der Waals surface area contributed by atoms with E-state index < -0.39 is 6.10 Å². The maximum Gasteiger partial charge on any atom is 0.261 e. The summed E-state index contributed by atoms with van der Waals surface area (Å²) in [5, 5.41) is 5.82. The summed E-state index contributed by atoms with van der Waals surface area (Å²) in [7, 11) is 1.64. The Balaban J connectivity index is 1.50. The van der Waals surface area contributed by atoms with Crippen molar-refractivity contribution in [2.75, 3.05) is 13.7 Å². The quantitative estimate of drug-likeness (QED) is 0.561. The normalized spacial score (nSPS) is 11.7. The summed E-state index contributed by atoms with van der Waals surface area (Å²) in [6.07, 6.45) is 0.526. The first kappa shape index (κ1) is 20.8. The maximum atomic E-state index is 13.0. The fraction of sp³-hybridized carbons (Fsp3) is 0.273. The molecule has 29 heavy (non-hydrogen) atoms. The van der Waals surface area contributed by atoms with Gasteiger partial charge in [-0.1, -0.05) is 6.92 Å². The lowest BCUT2D eigenvalue weighted by Crippen LogP contribution is -2.38. The van der Waals surface area contributed by atoms with Crippen LogP contribution in [0.5, 0.6) is 11.5 Å². The van der Waals surface area contributed by atoms with E-state index in [4.69, 9.17) is 9.47 Å². The average molecular weight is 415 g/mol. The van der Waals surface area contributed by atoms with Gasteiger partial charge in [-0.15, -0.1) is 11.3 Å². The number of nitrogens with one attached hydrogen (secondary N) is 1. The fourth-order valence-corrected chi connectivity index (χ4v) is 3.58. The largest absolute Gasteiger partial charge is 0.497 e. The zero-order valence-electron chi connectivity index (χ0n) is 16.4. The SMILES string of the molecule is CCC(Oc1ccc(F)cc1)C(=O)NCCc1csc(-c2ccc(OC)cc2)n1. The van der Waals surface area contributed by atoms with E-state index in [0.717, 1.165) is 22.0 Å². The predicted molar refractivity (Wildman–Crippen MR) is 112 cm³/mol. The molecule has 1 unspecified atom stereocenters. The van der Waals surface area contributed by atoms with Gasteiger partial charge in [0.2, 0.25) is 0 Å². The number of ether oxygens (including phenoxy) is 2. The molecule has 1 aromatic heterocycles. The number of nitrogens with zero attached hydrogens (tertiary/aromatic N) is 1. The fourth-order valence-electron chi connectivity index (χ4n) is 2.72. The van der Waals surface area contributed by atoms with Crippen LogP contribution in [0.1, 0.15) is 19.0 Å². The first-order chi connectivity index (χ1) is 14.1. The van der Waals surface area contributed by atoms with Crippen molar-refractivity contribution >= 4 is 17.2 Å². The molecule has 1 atom stereocenters. The second-order valence-electron chi connectivity index (χ2n) is 6.38. The number of carbonyl (C=O) groups excluding carboxylic acids is 1. The smallest absolute Gasteiger partial charge is 0.261 e. The van der Waals surface area contributed by atoms with Crippen molar-refractivity contribution in [3.8, 4) is 22.1 Å². The minimum atomic E-state index is -0.620. The summed E-state index contributed by atoms with van der Waals surface area (Å²) in [5.41, 5.74) is 1.96. The van der Waals surface area contributed by atoms with Gasteiger partial charge in [0.15, 0.2) is 6.10 Å². The lowest BCUT2D eigenvalue weighted by atomic mass is 10.2. The monoisotopic (exact) mass is 414 g/mol. The molecule has 2 aromatic carbocycles. The molecule has 0 radical (unpaired) electrons. The molecule has 0 aliphatic rings. The van der Waals surface area contributed by atoms with Crippen molar-refractivity contribution in [3.05, 3.63) is 65.4 Å². The molecule has 3 aromatic rings. The van der Waals surface area contributed by atoms with Gasteiger partial charge in [-0.05, 0) is 55.0 Å². The first-order valence-electron chi connectivity index (χ1n) is 9.37. The molecule has 0 saturated heterocycles. The molecular formula is C22H23FN2O3S. The van der Waals surface area contributed by atoms with Gasteiger partial charge >= 0.3 is 0 Å². The van der Waals surface area contributed by atoms with Crippen molar-refractivity contribution in [1.82, 2.24) is 10.3 Å². The van der Waals surface area contributed by atoms with E-state index in [-0.39, 0.29) is 11.7 Å². The molecule has 152 valence electrons. The van der Waals surface area contributed by atoms with Crippen LogP contribution in [0, 0.1) is 5.82 Å². The Morgan fingerprint density at radius 2 is 1.83 bits per heavy atom. The van der Waals surface area contributed by atoms with E-state index in [1.165, 1.54) is 24.3 Å². The van der Waals surface area contributed by atoms with Crippen LogP contribution >= 0.6 is 11.3 Å². The number of halogens is 1. The average Bonchev–Trinajstić information content (AvgIpc) is 3.22. The van der Waals surface area contributed by atoms with Crippen molar-refractivity contribution in [2.24, 2.45) is 0 Å². The molecule has 1 heterocycles. The third-order valence-electron chi connectivity index (χ3n) is 4.32. The van der Waals surface area contributed by atoms with E-state index in [9.17, 15) is 9.18 Å². The van der Waals surface area contributed by atoms with Crippen molar-refractivity contribution in [3.63, 3.8) is 0 Å². The zero-order chi connectivity index (χ0) is 20.6. The maximum absolute atomic E-state index is 13.0. The molecule has 0 fully saturated rings. The van der Waals surface area contributed by atoms with Crippen LogP contribution in [0.25, 0.3) is 10.6 Å². The van der Waals surface area contributed by atoms with Gasteiger partial charge in [0.25, 0.3) is 5.91 Å². The second kappa shape index (κ2) is 10.0. The highest BCUT2D eigenvalue weighted by Crippen LogP contribution is 2.25. The number of thiazole rings is 1. The number of hydrogen-bond donors (Lipinski definition) is 1. The van der Waals surface area contributed by atoms with E-state index in [1.54, 1.807) is 18.4 Å². The molecule has 1 amide bonds. The lowest BCUT2D eigenvalue weighted by Gasteiger charge is -2.17. The molecule has 0 aliphatic heterocycles.